The molecule has 1 saturated carbocycles. The highest BCUT2D eigenvalue weighted by Gasteiger charge is 2.54. The van der Waals surface area contributed by atoms with Gasteiger partial charge in [-0.15, -0.1) is 0 Å². The van der Waals surface area contributed by atoms with Gasteiger partial charge >= 0.3 is 0 Å². The fourth-order valence-corrected chi connectivity index (χ4v) is 4.13. The van der Waals surface area contributed by atoms with E-state index in [1.165, 1.54) is 11.8 Å². The molecule has 4 atom stereocenters. The summed E-state index contributed by atoms with van der Waals surface area (Å²) >= 11 is 1.44. The first-order chi connectivity index (χ1) is 11.4. The van der Waals surface area contributed by atoms with Gasteiger partial charge in [0.05, 0.1) is 18.5 Å². The first kappa shape index (κ1) is 16.1. The lowest BCUT2D eigenvalue weighted by atomic mass is 10.1. The van der Waals surface area contributed by atoms with Gasteiger partial charge in [-0.3, -0.25) is 0 Å². The van der Waals surface area contributed by atoms with Crippen LogP contribution in [0.4, 0.5) is 5.82 Å². The molecule has 1 aliphatic carbocycles. The van der Waals surface area contributed by atoms with Crippen molar-refractivity contribution in [2.45, 2.75) is 49.5 Å². The molecule has 8 nitrogen and oxygen atoms in total. The molecule has 0 aromatic carbocycles. The van der Waals surface area contributed by atoms with Gasteiger partial charge in [0.25, 0.3) is 0 Å². The zero-order chi connectivity index (χ0) is 17.1. The molecule has 9 heteroatoms. The number of thioether (sulfide) groups is 1. The molecule has 0 spiro atoms. The summed E-state index contributed by atoms with van der Waals surface area (Å²) in [5.74, 6) is -0.255. The monoisotopic (exact) mass is 351 g/mol. The van der Waals surface area contributed by atoms with Crippen LogP contribution in [0.5, 0.6) is 0 Å². The molecule has 2 aromatic rings. The third-order valence-electron chi connectivity index (χ3n) is 4.75. The van der Waals surface area contributed by atoms with Crippen molar-refractivity contribution in [2.75, 3.05) is 18.6 Å². The summed E-state index contributed by atoms with van der Waals surface area (Å²) < 4.78 is 14.1. The molecule has 2 aromatic heterocycles. The van der Waals surface area contributed by atoms with Gasteiger partial charge < -0.3 is 24.9 Å². The Hall–Kier alpha value is -1.42. The number of ether oxygens (including phenoxy) is 2. The van der Waals surface area contributed by atoms with Crippen molar-refractivity contribution in [3.05, 3.63) is 6.33 Å². The normalized spacial score (nSPS) is 31.7. The van der Waals surface area contributed by atoms with Crippen LogP contribution >= 0.6 is 11.8 Å². The van der Waals surface area contributed by atoms with Crippen molar-refractivity contribution in [3.63, 3.8) is 0 Å². The van der Waals surface area contributed by atoms with Crippen LogP contribution in [0.2, 0.25) is 0 Å². The molecule has 3 N–H and O–H groups in total. The maximum Gasteiger partial charge on any atom is 0.191 e. The van der Waals surface area contributed by atoms with Gasteiger partial charge in [0, 0.05) is 12.5 Å². The molecule has 2 fully saturated rings. The Bertz CT molecular complexity index is 780. The zero-order valence-corrected chi connectivity index (χ0v) is 14.7. The average molecular weight is 351 g/mol. The van der Waals surface area contributed by atoms with E-state index in [1.54, 1.807) is 6.33 Å². The number of hydrogen-bond donors (Lipinski definition) is 2. The summed E-state index contributed by atoms with van der Waals surface area (Å²) in [6.07, 6.45) is 4.10. The Morgan fingerprint density at radius 2 is 2.12 bits per heavy atom. The Balaban J connectivity index is 1.78. The van der Waals surface area contributed by atoms with E-state index in [9.17, 15) is 5.11 Å². The maximum absolute atomic E-state index is 9.73. The molecular weight excluding hydrogens is 330 g/mol. The fraction of sp³-hybridized carbons (Fsp3) is 0.667. The molecule has 4 rings (SSSR count). The van der Waals surface area contributed by atoms with Crippen LogP contribution in [0.1, 0.15) is 26.3 Å². The van der Waals surface area contributed by atoms with Crippen molar-refractivity contribution in [2.24, 2.45) is 5.92 Å². The molecule has 1 saturated heterocycles. The molecule has 0 amide bonds. The number of nitrogens with zero attached hydrogens (tertiary/aromatic N) is 4. The number of aliphatic hydroxyl groups is 1. The van der Waals surface area contributed by atoms with Crippen LogP contribution in [-0.4, -0.2) is 55.5 Å². The lowest BCUT2D eigenvalue weighted by Crippen LogP contribution is -2.27. The summed E-state index contributed by atoms with van der Waals surface area (Å²) in [5.41, 5.74) is 7.30. The minimum Gasteiger partial charge on any atom is -0.396 e. The molecule has 1 aliphatic heterocycles. The Morgan fingerprint density at radius 3 is 2.83 bits per heavy atom. The van der Waals surface area contributed by atoms with Gasteiger partial charge in [-0.1, -0.05) is 11.8 Å². The van der Waals surface area contributed by atoms with Crippen LogP contribution in [0.15, 0.2) is 11.5 Å². The van der Waals surface area contributed by atoms with Crippen LogP contribution in [0.25, 0.3) is 11.2 Å². The van der Waals surface area contributed by atoms with E-state index in [-0.39, 0.29) is 30.8 Å². The van der Waals surface area contributed by atoms with Crippen LogP contribution < -0.4 is 5.73 Å². The molecule has 3 heterocycles. The molecule has 0 bridgehead atoms. The van der Waals surface area contributed by atoms with E-state index in [0.29, 0.717) is 22.1 Å². The number of nitrogen functional groups attached to an aromatic ring is 1. The van der Waals surface area contributed by atoms with Gasteiger partial charge in [-0.25, -0.2) is 15.0 Å². The number of nitrogens with two attached hydrogens (primary N) is 1. The van der Waals surface area contributed by atoms with Crippen molar-refractivity contribution in [1.29, 1.82) is 0 Å². The number of aliphatic hydroxyl groups excluding tert-OH is 1. The molecule has 130 valence electrons. The third-order valence-corrected chi connectivity index (χ3v) is 5.30. The van der Waals surface area contributed by atoms with Crippen LogP contribution in [0.3, 0.4) is 0 Å². The molecular formula is C15H21N5O3S. The maximum atomic E-state index is 9.73. The number of anilines is 1. The van der Waals surface area contributed by atoms with Gasteiger partial charge in [-0.2, -0.15) is 0 Å². The highest BCUT2D eigenvalue weighted by Crippen LogP contribution is 2.47. The van der Waals surface area contributed by atoms with Crippen LogP contribution in [-0.2, 0) is 9.47 Å². The Morgan fingerprint density at radius 1 is 1.38 bits per heavy atom. The number of fused-ring (bicyclic) bond motifs is 2. The highest BCUT2D eigenvalue weighted by atomic mass is 32.2. The summed E-state index contributed by atoms with van der Waals surface area (Å²) in [6.45, 7) is 3.86. The number of aromatic nitrogens is 4. The second kappa shape index (κ2) is 5.55. The Labute approximate surface area is 143 Å². The minimum absolute atomic E-state index is 0.0112. The smallest absolute Gasteiger partial charge is 0.191 e. The largest absolute Gasteiger partial charge is 0.396 e. The van der Waals surface area contributed by atoms with E-state index in [1.807, 2.05) is 24.7 Å². The van der Waals surface area contributed by atoms with Gasteiger partial charge in [-0.05, 0) is 26.5 Å². The first-order valence-electron chi connectivity index (χ1n) is 7.94. The lowest BCUT2D eigenvalue weighted by Gasteiger charge is -2.23. The zero-order valence-electron chi connectivity index (χ0n) is 13.8. The second-order valence-corrected chi connectivity index (χ2v) is 7.50. The first-order valence-corrected chi connectivity index (χ1v) is 9.16. The van der Waals surface area contributed by atoms with Crippen molar-refractivity contribution < 1.29 is 14.6 Å². The Kier molecular flexibility index (Phi) is 3.72. The predicted octanol–water partition coefficient (Wildman–Crippen LogP) is 1.20. The third kappa shape index (κ3) is 2.38. The predicted molar refractivity (Wildman–Crippen MR) is 89.6 cm³/mol. The van der Waals surface area contributed by atoms with Gasteiger partial charge in [0.1, 0.15) is 11.6 Å². The quantitative estimate of drug-likeness (QED) is 0.627. The molecule has 4 unspecified atom stereocenters. The molecule has 24 heavy (non-hydrogen) atoms. The standard InChI is InChI=1S/C15H21N5O3S/c1-15(2)22-10-7(5-21)4-8(11(10)23-15)20-6-17-9-12(16)18-14(24-3)19-13(9)20/h6-8,10-11,21H,4-5H2,1-3H3,(H2,16,18,19). The van der Waals surface area contributed by atoms with Crippen molar-refractivity contribution in [3.8, 4) is 0 Å². The number of imidazole rings is 1. The van der Waals surface area contributed by atoms with Crippen molar-refractivity contribution in [1.82, 2.24) is 19.5 Å². The van der Waals surface area contributed by atoms with Gasteiger partial charge in [0.15, 0.2) is 22.4 Å². The summed E-state index contributed by atoms with van der Waals surface area (Å²) in [7, 11) is 0. The van der Waals surface area contributed by atoms with E-state index >= 15 is 0 Å². The molecule has 0 radical (unpaired) electrons. The minimum atomic E-state index is -0.656. The topological polar surface area (TPSA) is 108 Å². The van der Waals surface area contributed by atoms with E-state index in [2.05, 4.69) is 15.0 Å². The second-order valence-electron chi connectivity index (χ2n) is 6.73. The SMILES string of the molecule is CSc1nc(N)c2ncn(C3CC(CO)C4OC(C)(C)OC43)c2n1. The highest BCUT2D eigenvalue weighted by molar-refractivity contribution is 7.98. The number of hydrogen-bond acceptors (Lipinski definition) is 8. The fourth-order valence-electron chi connectivity index (χ4n) is 3.76. The average Bonchev–Trinajstić information content (AvgIpc) is 3.17. The van der Waals surface area contributed by atoms with E-state index in [4.69, 9.17) is 15.2 Å². The summed E-state index contributed by atoms with van der Waals surface area (Å²) in [6, 6.07) is -0.0112. The summed E-state index contributed by atoms with van der Waals surface area (Å²) in [4.78, 5) is 13.2. The summed E-state index contributed by atoms with van der Waals surface area (Å²) in [5, 5.41) is 10.3. The van der Waals surface area contributed by atoms with Gasteiger partial charge in [0.2, 0.25) is 0 Å². The molecule has 2 aliphatic rings. The lowest BCUT2D eigenvalue weighted by molar-refractivity contribution is -0.161. The van der Waals surface area contributed by atoms with E-state index in [0.717, 1.165) is 6.42 Å². The van der Waals surface area contributed by atoms with Crippen molar-refractivity contribution >= 4 is 28.7 Å². The number of rotatable bonds is 3. The van der Waals surface area contributed by atoms with E-state index < -0.39 is 5.79 Å². The van der Waals surface area contributed by atoms with Crippen LogP contribution in [0, 0.1) is 5.92 Å².